The zero-order valence-electron chi connectivity index (χ0n) is 21.4. The van der Waals surface area contributed by atoms with E-state index < -0.39 is 0 Å². The fraction of sp³-hybridized carbons (Fsp3) is 0.419. The van der Waals surface area contributed by atoms with Crippen LogP contribution >= 0.6 is 0 Å². The molecule has 3 rings (SSSR count). The highest BCUT2D eigenvalue weighted by Crippen LogP contribution is 2.48. The molecule has 0 saturated heterocycles. The average molecular weight is 428 g/mol. The predicted molar refractivity (Wildman–Crippen MR) is 142 cm³/mol. The number of aryl methyl sites for hydroxylation is 3. The molecule has 1 nitrogen and oxygen atoms in total. The standard InChI is InChI=1S/C31H41N/c1-9-20-32-28-18-16-24(3)22-27(28)31(7,8)29(32)14-12-10-11-13-19-30(5,6)26-21-23(2)15-17-25(26)4/h10-18,21-22H,9,19-20H2,1-8H3/b12-10+,13-11+,29-14+. The van der Waals surface area contributed by atoms with E-state index in [-0.39, 0.29) is 10.8 Å². The van der Waals surface area contributed by atoms with Crippen molar-refractivity contribution >= 4 is 5.69 Å². The van der Waals surface area contributed by atoms with Crippen molar-refractivity contribution in [2.45, 2.75) is 79.1 Å². The van der Waals surface area contributed by atoms with Crippen LogP contribution in [0.25, 0.3) is 0 Å². The number of allylic oxidation sites excluding steroid dienone is 6. The Hall–Kier alpha value is -2.54. The Bertz CT molecular complexity index is 1050. The molecule has 0 saturated carbocycles. The highest BCUT2D eigenvalue weighted by atomic mass is 15.2. The van der Waals surface area contributed by atoms with Gasteiger partial charge in [0.2, 0.25) is 0 Å². The van der Waals surface area contributed by atoms with Crippen LogP contribution in [0.5, 0.6) is 0 Å². The van der Waals surface area contributed by atoms with E-state index in [2.05, 4.69) is 127 Å². The van der Waals surface area contributed by atoms with Crippen molar-refractivity contribution < 1.29 is 0 Å². The third-order valence-corrected chi connectivity index (χ3v) is 6.86. The fourth-order valence-corrected chi connectivity index (χ4v) is 4.98. The number of nitrogens with zero attached hydrogens (tertiary/aromatic N) is 1. The number of hydrogen-bond donors (Lipinski definition) is 0. The first-order chi connectivity index (χ1) is 15.1. The first-order valence-corrected chi connectivity index (χ1v) is 12.1. The van der Waals surface area contributed by atoms with Crippen molar-refractivity contribution in [2.24, 2.45) is 0 Å². The van der Waals surface area contributed by atoms with Crippen molar-refractivity contribution in [3.8, 4) is 0 Å². The van der Waals surface area contributed by atoms with E-state index >= 15 is 0 Å². The van der Waals surface area contributed by atoms with Crippen LogP contribution in [-0.4, -0.2) is 6.54 Å². The minimum absolute atomic E-state index is 0.0231. The third-order valence-electron chi connectivity index (χ3n) is 6.86. The zero-order valence-corrected chi connectivity index (χ0v) is 21.4. The van der Waals surface area contributed by atoms with Gasteiger partial charge in [-0.05, 0) is 67.9 Å². The largest absolute Gasteiger partial charge is 0.344 e. The lowest BCUT2D eigenvalue weighted by Gasteiger charge is -2.26. The van der Waals surface area contributed by atoms with Crippen LogP contribution in [0.15, 0.2) is 72.5 Å². The quantitative estimate of drug-likeness (QED) is 0.400. The summed E-state index contributed by atoms with van der Waals surface area (Å²) in [6.45, 7) is 19.3. The fourth-order valence-electron chi connectivity index (χ4n) is 4.98. The van der Waals surface area contributed by atoms with Gasteiger partial charge in [-0.1, -0.05) is 100 Å². The Labute approximate surface area is 196 Å². The van der Waals surface area contributed by atoms with Crippen molar-refractivity contribution in [3.05, 3.63) is 100 Å². The topological polar surface area (TPSA) is 3.24 Å². The van der Waals surface area contributed by atoms with E-state index in [0.29, 0.717) is 0 Å². The lowest BCUT2D eigenvalue weighted by Crippen LogP contribution is -2.26. The molecule has 0 atom stereocenters. The molecule has 0 radical (unpaired) electrons. The summed E-state index contributed by atoms with van der Waals surface area (Å²) in [5.74, 6) is 0. The SMILES string of the molecule is CCCN1/C(=C/C=C/C=C/CC(C)(C)c2cc(C)ccc2C)C(C)(C)c2cc(C)ccc21. The van der Waals surface area contributed by atoms with Gasteiger partial charge in [-0.2, -0.15) is 0 Å². The summed E-state index contributed by atoms with van der Waals surface area (Å²) in [5, 5.41) is 0. The predicted octanol–water partition coefficient (Wildman–Crippen LogP) is 8.48. The minimum atomic E-state index is 0.0231. The molecule has 2 aromatic rings. The summed E-state index contributed by atoms with van der Waals surface area (Å²) in [4.78, 5) is 2.51. The second-order valence-corrected chi connectivity index (χ2v) is 10.6. The van der Waals surface area contributed by atoms with Gasteiger partial charge in [-0.15, -0.1) is 0 Å². The van der Waals surface area contributed by atoms with E-state index in [1.54, 1.807) is 0 Å². The molecule has 2 aromatic carbocycles. The maximum Gasteiger partial charge on any atom is 0.0450 e. The molecule has 0 N–H and O–H groups in total. The Morgan fingerprint density at radius 2 is 1.59 bits per heavy atom. The first-order valence-electron chi connectivity index (χ1n) is 12.1. The maximum absolute atomic E-state index is 2.51. The molecule has 0 aromatic heterocycles. The van der Waals surface area contributed by atoms with Crippen molar-refractivity contribution in [1.82, 2.24) is 0 Å². The number of anilines is 1. The maximum atomic E-state index is 2.51. The molecule has 170 valence electrons. The lowest BCUT2D eigenvalue weighted by atomic mass is 9.78. The molecule has 0 aliphatic carbocycles. The van der Waals surface area contributed by atoms with Gasteiger partial charge in [0.25, 0.3) is 0 Å². The first kappa shape index (κ1) is 24.1. The van der Waals surface area contributed by atoms with E-state index in [1.807, 2.05) is 0 Å². The third kappa shape index (κ3) is 4.93. The van der Waals surface area contributed by atoms with Crippen LogP contribution in [-0.2, 0) is 10.8 Å². The summed E-state index contributed by atoms with van der Waals surface area (Å²) in [6, 6.07) is 13.7. The van der Waals surface area contributed by atoms with E-state index in [4.69, 9.17) is 0 Å². The highest BCUT2D eigenvalue weighted by molar-refractivity contribution is 5.71. The summed E-state index contributed by atoms with van der Waals surface area (Å²) in [5.41, 5.74) is 9.84. The van der Waals surface area contributed by atoms with Crippen LogP contribution in [0, 0.1) is 20.8 Å². The molecule has 0 amide bonds. The van der Waals surface area contributed by atoms with Gasteiger partial charge in [-0.3, -0.25) is 0 Å². The van der Waals surface area contributed by atoms with Crippen LogP contribution in [0.2, 0.25) is 0 Å². The van der Waals surface area contributed by atoms with Gasteiger partial charge in [-0.25, -0.2) is 0 Å². The Morgan fingerprint density at radius 1 is 0.906 bits per heavy atom. The molecule has 1 aliphatic rings. The molecule has 1 aliphatic heterocycles. The molecule has 0 unspecified atom stereocenters. The van der Waals surface area contributed by atoms with Gasteiger partial charge in [0.1, 0.15) is 0 Å². The smallest absolute Gasteiger partial charge is 0.0450 e. The number of fused-ring (bicyclic) bond motifs is 1. The Balaban J connectivity index is 1.75. The Kier molecular flexibility index (Phi) is 7.18. The minimum Gasteiger partial charge on any atom is -0.344 e. The van der Waals surface area contributed by atoms with Crippen LogP contribution < -0.4 is 4.90 Å². The summed E-state index contributed by atoms with van der Waals surface area (Å²) < 4.78 is 0. The van der Waals surface area contributed by atoms with Gasteiger partial charge in [0.15, 0.2) is 0 Å². The second kappa shape index (κ2) is 9.53. The monoisotopic (exact) mass is 427 g/mol. The van der Waals surface area contributed by atoms with Crippen LogP contribution in [0.3, 0.4) is 0 Å². The molecule has 1 heterocycles. The molecular formula is C31H41N. The van der Waals surface area contributed by atoms with Gasteiger partial charge in [0.05, 0.1) is 0 Å². The number of hydrogen-bond acceptors (Lipinski definition) is 1. The highest BCUT2D eigenvalue weighted by Gasteiger charge is 2.39. The normalized spacial score (nSPS) is 17.1. The summed E-state index contributed by atoms with van der Waals surface area (Å²) in [7, 11) is 0. The average Bonchev–Trinajstić information content (AvgIpc) is 2.93. The van der Waals surface area contributed by atoms with E-state index in [1.165, 1.54) is 39.2 Å². The van der Waals surface area contributed by atoms with Crippen molar-refractivity contribution in [2.75, 3.05) is 11.4 Å². The van der Waals surface area contributed by atoms with Crippen molar-refractivity contribution in [1.29, 1.82) is 0 Å². The van der Waals surface area contributed by atoms with Crippen molar-refractivity contribution in [3.63, 3.8) is 0 Å². The number of rotatable bonds is 7. The van der Waals surface area contributed by atoms with Gasteiger partial charge >= 0.3 is 0 Å². The molecule has 0 spiro atoms. The van der Waals surface area contributed by atoms with Crippen LogP contribution in [0.4, 0.5) is 5.69 Å². The van der Waals surface area contributed by atoms with E-state index in [0.717, 1.165) is 19.4 Å². The van der Waals surface area contributed by atoms with Gasteiger partial charge < -0.3 is 4.90 Å². The molecule has 1 heteroatoms. The lowest BCUT2D eigenvalue weighted by molar-refractivity contribution is 0.530. The molecule has 32 heavy (non-hydrogen) atoms. The van der Waals surface area contributed by atoms with Gasteiger partial charge in [0, 0.05) is 23.3 Å². The van der Waals surface area contributed by atoms with Crippen LogP contribution in [0.1, 0.15) is 75.3 Å². The molecule has 0 bridgehead atoms. The number of benzene rings is 2. The molecular weight excluding hydrogens is 386 g/mol. The van der Waals surface area contributed by atoms with E-state index in [9.17, 15) is 0 Å². The summed E-state index contributed by atoms with van der Waals surface area (Å²) >= 11 is 0. The Morgan fingerprint density at radius 3 is 2.31 bits per heavy atom. The molecule has 0 fully saturated rings. The second-order valence-electron chi connectivity index (χ2n) is 10.6. The zero-order chi connectivity index (χ0) is 23.5. The summed E-state index contributed by atoms with van der Waals surface area (Å²) in [6.07, 6.45) is 13.4.